The lowest BCUT2D eigenvalue weighted by atomic mass is 10.2. The first-order valence-electron chi connectivity index (χ1n) is 9.64. The summed E-state index contributed by atoms with van der Waals surface area (Å²) < 4.78 is 35.1. The maximum absolute atomic E-state index is 13.1. The molecular weight excluding hydrogens is 463 g/mol. The van der Waals surface area contributed by atoms with Crippen molar-refractivity contribution in [3.8, 4) is 5.75 Å². The third-order valence-electron chi connectivity index (χ3n) is 5.19. The van der Waals surface area contributed by atoms with Gasteiger partial charge in [-0.15, -0.1) is 0 Å². The van der Waals surface area contributed by atoms with Crippen LogP contribution in [0.4, 0.5) is 0 Å². The van der Waals surface area contributed by atoms with Gasteiger partial charge in [-0.05, 0) is 43.7 Å². The summed E-state index contributed by atoms with van der Waals surface area (Å²) in [5.74, 6) is 0.424. The normalized spacial score (nSPS) is 17.7. The van der Waals surface area contributed by atoms with E-state index in [1.54, 1.807) is 18.2 Å². The van der Waals surface area contributed by atoms with E-state index in [4.69, 9.17) is 32.4 Å². The van der Waals surface area contributed by atoms with Crippen molar-refractivity contribution >= 4 is 49.8 Å². The van der Waals surface area contributed by atoms with Crippen LogP contribution in [0, 0.1) is 6.92 Å². The Balaban J connectivity index is 1.59. The van der Waals surface area contributed by atoms with E-state index in [0.717, 1.165) is 5.69 Å². The van der Waals surface area contributed by atoms with Gasteiger partial charge in [0.25, 0.3) is 5.91 Å². The lowest BCUT2D eigenvalue weighted by Gasteiger charge is -2.27. The van der Waals surface area contributed by atoms with Crippen LogP contribution >= 0.6 is 23.2 Å². The number of fused-ring (bicyclic) bond motifs is 1. The summed E-state index contributed by atoms with van der Waals surface area (Å²) in [6.45, 7) is 1.65. The summed E-state index contributed by atoms with van der Waals surface area (Å²) in [6, 6.07) is 8.20. The summed E-state index contributed by atoms with van der Waals surface area (Å²) in [5.41, 5.74) is 1.21. The van der Waals surface area contributed by atoms with Crippen LogP contribution < -0.4 is 4.74 Å². The van der Waals surface area contributed by atoms with E-state index in [9.17, 15) is 13.2 Å². The van der Waals surface area contributed by atoms with Crippen LogP contribution in [-0.2, 0) is 21.2 Å². The van der Waals surface area contributed by atoms with Crippen molar-refractivity contribution < 1.29 is 22.4 Å². The number of halogens is 2. The Morgan fingerprint density at radius 3 is 2.77 bits per heavy atom. The number of aryl methyl sites for hydroxylation is 1. The van der Waals surface area contributed by atoms with Crippen molar-refractivity contribution in [3.63, 3.8) is 0 Å². The largest absolute Gasteiger partial charge is 0.480 e. The molecule has 10 heteroatoms. The Hall–Kier alpha value is -2.29. The fourth-order valence-corrected chi connectivity index (χ4v) is 5.96. The van der Waals surface area contributed by atoms with Gasteiger partial charge in [0.15, 0.2) is 22.2 Å². The number of carbonyl (C=O) groups excluding carboxylic acids is 1. The van der Waals surface area contributed by atoms with Gasteiger partial charge in [-0.1, -0.05) is 23.2 Å². The molecule has 1 aliphatic heterocycles. The summed E-state index contributed by atoms with van der Waals surface area (Å²) in [6.07, 6.45) is 1.88. The van der Waals surface area contributed by atoms with E-state index in [0.29, 0.717) is 28.1 Å². The number of ether oxygens (including phenoxy) is 1. The van der Waals surface area contributed by atoms with Gasteiger partial charge in [0, 0.05) is 17.1 Å². The molecule has 0 N–H and O–H groups in total. The lowest BCUT2D eigenvalue weighted by molar-refractivity contribution is -0.136. The smallest absolute Gasteiger partial charge is 0.261 e. The molecule has 0 saturated carbocycles. The maximum Gasteiger partial charge on any atom is 0.261 e. The number of hydrogen-bond acceptors (Lipinski definition) is 6. The molecule has 3 heterocycles. The van der Waals surface area contributed by atoms with Crippen molar-refractivity contribution in [2.24, 2.45) is 0 Å². The quantitative estimate of drug-likeness (QED) is 0.526. The number of aromatic nitrogens is 1. The molecular formula is C21H20Cl2N2O5S. The van der Waals surface area contributed by atoms with Gasteiger partial charge < -0.3 is 14.1 Å². The molecule has 7 nitrogen and oxygen atoms in total. The second-order valence-electron chi connectivity index (χ2n) is 7.46. The van der Waals surface area contributed by atoms with Crippen LogP contribution in [0.25, 0.3) is 10.9 Å². The van der Waals surface area contributed by atoms with Crippen molar-refractivity contribution in [1.29, 1.82) is 0 Å². The van der Waals surface area contributed by atoms with Crippen molar-refractivity contribution in [1.82, 2.24) is 9.88 Å². The van der Waals surface area contributed by atoms with Gasteiger partial charge in [-0.2, -0.15) is 0 Å². The van der Waals surface area contributed by atoms with Crippen molar-refractivity contribution in [2.45, 2.75) is 25.9 Å². The maximum atomic E-state index is 13.1. The van der Waals surface area contributed by atoms with Crippen LogP contribution in [0.1, 0.15) is 17.9 Å². The molecule has 2 aromatic heterocycles. The first-order chi connectivity index (χ1) is 14.7. The van der Waals surface area contributed by atoms with Crippen molar-refractivity contribution in [3.05, 3.63) is 58.1 Å². The van der Waals surface area contributed by atoms with E-state index >= 15 is 0 Å². The molecule has 0 radical (unpaired) electrons. The van der Waals surface area contributed by atoms with E-state index in [1.807, 2.05) is 19.1 Å². The number of benzene rings is 1. The first kappa shape index (κ1) is 21.9. The number of hydrogen-bond donors (Lipinski definition) is 0. The van der Waals surface area contributed by atoms with Crippen LogP contribution in [-0.4, -0.2) is 48.4 Å². The zero-order valence-electron chi connectivity index (χ0n) is 16.7. The predicted molar refractivity (Wildman–Crippen MR) is 118 cm³/mol. The second kappa shape index (κ2) is 8.68. The van der Waals surface area contributed by atoms with Gasteiger partial charge in [0.2, 0.25) is 0 Å². The number of pyridine rings is 1. The minimum atomic E-state index is -3.18. The predicted octanol–water partition coefficient (Wildman–Crippen LogP) is 4.04. The molecule has 3 aromatic rings. The van der Waals surface area contributed by atoms with Crippen LogP contribution in [0.15, 0.2) is 41.0 Å². The summed E-state index contributed by atoms with van der Waals surface area (Å²) in [5, 5.41) is 1.33. The third-order valence-corrected chi connectivity index (χ3v) is 7.54. The summed E-state index contributed by atoms with van der Waals surface area (Å²) in [7, 11) is -3.18. The standard InChI is InChI=1S/C21H20Cl2N2O5S/c1-13-4-5-16-17(22)9-18(23)21(20(16)24-13)30-11-19(26)25(10-15-3-2-7-29-15)14-6-8-31(27,28)12-14/h2-5,7,9,14H,6,8,10-12H2,1H3/t14-/m0/s1. The molecule has 31 heavy (non-hydrogen) atoms. The highest BCUT2D eigenvalue weighted by Crippen LogP contribution is 2.37. The first-order valence-corrected chi connectivity index (χ1v) is 12.2. The highest BCUT2D eigenvalue weighted by molar-refractivity contribution is 7.91. The van der Waals surface area contributed by atoms with E-state index < -0.39 is 15.9 Å². The fraction of sp³-hybridized carbons (Fsp3) is 0.333. The molecule has 0 spiro atoms. The van der Waals surface area contributed by atoms with Crippen LogP contribution in [0.2, 0.25) is 10.0 Å². The Labute approximate surface area is 189 Å². The van der Waals surface area contributed by atoms with Crippen LogP contribution in [0.3, 0.4) is 0 Å². The van der Waals surface area contributed by atoms with E-state index in [-0.39, 0.29) is 41.3 Å². The topological polar surface area (TPSA) is 89.7 Å². The molecule has 164 valence electrons. The SMILES string of the molecule is Cc1ccc2c(Cl)cc(Cl)c(OCC(=O)N(Cc3ccco3)[C@H]3CCS(=O)(=O)C3)c2n1. The molecule has 1 aliphatic rings. The molecule has 1 saturated heterocycles. The number of rotatable bonds is 6. The van der Waals surface area contributed by atoms with E-state index in [2.05, 4.69) is 4.98 Å². The van der Waals surface area contributed by atoms with Crippen LogP contribution in [0.5, 0.6) is 5.75 Å². The monoisotopic (exact) mass is 482 g/mol. The van der Waals surface area contributed by atoms with Gasteiger partial charge in [-0.25, -0.2) is 13.4 Å². The number of sulfone groups is 1. The molecule has 1 aromatic carbocycles. The number of nitrogens with zero attached hydrogens (tertiary/aromatic N) is 2. The Kier molecular flexibility index (Phi) is 6.14. The lowest BCUT2D eigenvalue weighted by Crippen LogP contribution is -2.43. The molecule has 0 bridgehead atoms. The number of furan rings is 1. The molecule has 0 unspecified atom stereocenters. The highest BCUT2D eigenvalue weighted by Gasteiger charge is 2.35. The third kappa shape index (κ3) is 4.81. The summed E-state index contributed by atoms with van der Waals surface area (Å²) >= 11 is 12.6. The average Bonchev–Trinajstić information content (AvgIpc) is 3.34. The molecule has 0 aliphatic carbocycles. The Morgan fingerprint density at radius 1 is 1.29 bits per heavy atom. The molecule has 1 amide bonds. The van der Waals surface area contributed by atoms with Gasteiger partial charge in [-0.3, -0.25) is 4.79 Å². The molecule has 4 rings (SSSR count). The zero-order valence-corrected chi connectivity index (χ0v) is 19.0. The highest BCUT2D eigenvalue weighted by atomic mass is 35.5. The number of carbonyl (C=O) groups is 1. The van der Waals surface area contributed by atoms with Gasteiger partial charge in [0.1, 0.15) is 11.3 Å². The minimum absolute atomic E-state index is 0.0529. The van der Waals surface area contributed by atoms with Gasteiger partial charge in [0.05, 0.1) is 34.4 Å². The zero-order chi connectivity index (χ0) is 22.2. The average molecular weight is 483 g/mol. The molecule has 1 atom stereocenters. The van der Waals surface area contributed by atoms with E-state index in [1.165, 1.54) is 11.2 Å². The van der Waals surface area contributed by atoms with Crippen molar-refractivity contribution in [2.75, 3.05) is 18.1 Å². The molecule has 1 fully saturated rings. The minimum Gasteiger partial charge on any atom is -0.480 e. The summed E-state index contributed by atoms with van der Waals surface area (Å²) in [4.78, 5) is 19.1. The Morgan fingerprint density at radius 2 is 2.10 bits per heavy atom. The van der Waals surface area contributed by atoms with Gasteiger partial charge >= 0.3 is 0 Å². The second-order valence-corrected chi connectivity index (χ2v) is 10.5. The Bertz CT molecular complexity index is 1230. The fourth-order valence-electron chi connectivity index (χ4n) is 3.66. The number of amides is 1.